The van der Waals surface area contributed by atoms with Crippen LogP contribution < -0.4 is 10.6 Å². The van der Waals surface area contributed by atoms with E-state index in [9.17, 15) is 14.7 Å². The molecule has 0 aromatic rings. The molecule has 18 heavy (non-hydrogen) atoms. The summed E-state index contributed by atoms with van der Waals surface area (Å²) in [5, 5.41) is 14.5. The molecule has 1 aliphatic heterocycles. The highest BCUT2D eigenvalue weighted by molar-refractivity contribution is 5.80. The van der Waals surface area contributed by atoms with E-state index in [0.717, 1.165) is 6.42 Å². The first kappa shape index (κ1) is 14.8. The van der Waals surface area contributed by atoms with Crippen LogP contribution >= 0.6 is 0 Å². The summed E-state index contributed by atoms with van der Waals surface area (Å²) in [6.07, 6.45) is -0.124. The summed E-state index contributed by atoms with van der Waals surface area (Å²) in [6.45, 7) is 5.89. The molecule has 1 saturated heterocycles. The molecule has 0 aliphatic carbocycles. The van der Waals surface area contributed by atoms with Crippen LogP contribution in [0.25, 0.3) is 0 Å². The molecule has 0 spiro atoms. The normalized spacial score (nSPS) is 21.3. The largest absolute Gasteiger partial charge is 0.444 e. The zero-order valence-corrected chi connectivity index (χ0v) is 11.2. The molecule has 6 nitrogen and oxygen atoms in total. The van der Waals surface area contributed by atoms with Gasteiger partial charge in [0.25, 0.3) is 0 Å². The van der Waals surface area contributed by atoms with E-state index in [1.165, 1.54) is 0 Å². The number of amides is 2. The van der Waals surface area contributed by atoms with Crippen molar-refractivity contribution in [2.45, 2.75) is 45.3 Å². The van der Waals surface area contributed by atoms with E-state index < -0.39 is 12.2 Å². The second-order valence-electron chi connectivity index (χ2n) is 5.60. The predicted molar refractivity (Wildman–Crippen MR) is 66.0 cm³/mol. The molecule has 1 heterocycles. The number of aliphatic hydroxyl groups excluding tert-OH is 1. The minimum absolute atomic E-state index is 0.0340. The number of nitrogens with one attached hydrogen (secondary N) is 2. The minimum Gasteiger partial charge on any atom is -0.444 e. The molecule has 2 atom stereocenters. The van der Waals surface area contributed by atoms with E-state index in [1.807, 2.05) is 20.8 Å². The highest BCUT2D eigenvalue weighted by Crippen LogP contribution is 2.17. The van der Waals surface area contributed by atoms with Gasteiger partial charge in [0.15, 0.2) is 0 Å². The molecule has 104 valence electrons. The fourth-order valence-corrected chi connectivity index (χ4v) is 1.83. The molecular weight excluding hydrogens is 236 g/mol. The minimum atomic E-state index is -0.638. The number of aliphatic hydroxyl groups is 1. The molecule has 0 saturated carbocycles. The molecule has 0 radical (unpaired) electrons. The van der Waals surface area contributed by atoms with Crippen molar-refractivity contribution in [2.75, 3.05) is 13.2 Å². The van der Waals surface area contributed by atoms with Crippen LogP contribution in [0, 0.1) is 5.92 Å². The number of alkyl carbamates (subject to hydrolysis) is 1. The first-order valence-electron chi connectivity index (χ1n) is 6.19. The summed E-state index contributed by atoms with van der Waals surface area (Å²) in [6, 6.07) is 0. The Balaban J connectivity index is 2.42. The van der Waals surface area contributed by atoms with Gasteiger partial charge < -0.3 is 20.5 Å². The SMILES string of the molecule is CC(C)(C)NC(=O)O[C@H](CO)C[C@@H]1CCNC1=O. The second kappa shape index (κ2) is 6.04. The molecule has 0 unspecified atom stereocenters. The molecule has 0 aromatic heterocycles. The van der Waals surface area contributed by atoms with Crippen LogP contribution in [-0.4, -0.2) is 41.9 Å². The van der Waals surface area contributed by atoms with Crippen LogP contribution in [0.1, 0.15) is 33.6 Å². The van der Waals surface area contributed by atoms with Crippen LogP contribution in [0.4, 0.5) is 4.79 Å². The summed E-state index contributed by atoms with van der Waals surface area (Å²) in [7, 11) is 0. The molecule has 6 heteroatoms. The standard InChI is InChI=1S/C12H22N2O4/c1-12(2,3)14-11(17)18-9(7-15)6-8-4-5-13-10(8)16/h8-9,15H,4-7H2,1-3H3,(H,13,16)(H,14,17)/t8-,9-/m0/s1. The summed E-state index contributed by atoms with van der Waals surface area (Å²) in [5.41, 5.74) is -0.387. The fourth-order valence-electron chi connectivity index (χ4n) is 1.83. The Kier molecular flexibility index (Phi) is 4.95. The van der Waals surface area contributed by atoms with Crippen molar-refractivity contribution in [3.63, 3.8) is 0 Å². The number of carbonyl (C=O) groups is 2. The van der Waals surface area contributed by atoms with Gasteiger partial charge in [0, 0.05) is 18.0 Å². The van der Waals surface area contributed by atoms with Gasteiger partial charge in [-0.25, -0.2) is 4.79 Å². The first-order valence-corrected chi connectivity index (χ1v) is 6.19. The number of hydrogen-bond donors (Lipinski definition) is 3. The van der Waals surface area contributed by atoms with E-state index in [-0.39, 0.29) is 24.0 Å². The van der Waals surface area contributed by atoms with Crippen LogP contribution in [0.2, 0.25) is 0 Å². The maximum atomic E-state index is 11.5. The van der Waals surface area contributed by atoms with E-state index in [4.69, 9.17) is 4.74 Å². The highest BCUT2D eigenvalue weighted by atomic mass is 16.6. The van der Waals surface area contributed by atoms with Gasteiger partial charge in [-0.1, -0.05) is 0 Å². The lowest BCUT2D eigenvalue weighted by Gasteiger charge is -2.23. The van der Waals surface area contributed by atoms with Crippen LogP contribution in [0.15, 0.2) is 0 Å². The van der Waals surface area contributed by atoms with Gasteiger partial charge in [-0.05, 0) is 33.6 Å². The van der Waals surface area contributed by atoms with Crippen LogP contribution in [0.5, 0.6) is 0 Å². The maximum absolute atomic E-state index is 11.5. The Hall–Kier alpha value is -1.30. The first-order chi connectivity index (χ1) is 8.31. The van der Waals surface area contributed by atoms with Gasteiger partial charge in [-0.3, -0.25) is 4.79 Å². The number of rotatable bonds is 4. The van der Waals surface area contributed by atoms with E-state index in [1.54, 1.807) is 0 Å². The average Bonchev–Trinajstić information content (AvgIpc) is 2.60. The molecule has 1 fully saturated rings. The van der Waals surface area contributed by atoms with Crippen molar-refractivity contribution in [3.05, 3.63) is 0 Å². The third-order valence-corrected chi connectivity index (χ3v) is 2.66. The van der Waals surface area contributed by atoms with Crippen molar-refractivity contribution in [1.29, 1.82) is 0 Å². The summed E-state index contributed by atoms with van der Waals surface area (Å²) in [5.74, 6) is -0.210. The molecule has 3 N–H and O–H groups in total. The maximum Gasteiger partial charge on any atom is 0.407 e. The summed E-state index contributed by atoms with van der Waals surface area (Å²) < 4.78 is 5.11. The monoisotopic (exact) mass is 258 g/mol. The molecule has 1 aliphatic rings. The van der Waals surface area contributed by atoms with Gasteiger partial charge >= 0.3 is 6.09 Å². The van der Waals surface area contributed by atoms with Gasteiger partial charge in [-0.2, -0.15) is 0 Å². The third kappa shape index (κ3) is 4.91. The van der Waals surface area contributed by atoms with Crippen molar-refractivity contribution < 1.29 is 19.4 Å². The second-order valence-corrected chi connectivity index (χ2v) is 5.60. The van der Waals surface area contributed by atoms with Crippen molar-refractivity contribution in [3.8, 4) is 0 Å². The van der Waals surface area contributed by atoms with E-state index in [2.05, 4.69) is 10.6 Å². The van der Waals surface area contributed by atoms with Gasteiger partial charge in [0.2, 0.25) is 5.91 Å². The molecule has 2 amide bonds. The number of ether oxygens (including phenoxy) is 1. The van der Waals surface area contributed by atoms with Crippen molar-refractivity contribution >= 4 is 12.0 Å². The van der Waals surface area contributed by atoms with E-state index in [0.29, 0.717) is 13.0 Å². The Morgan fingerprint density at radius 2 is 2.28 bits per heavy atom. The zero-order chi connectivity index (χ0) is 13.8. The lowest BCUT2D eigenvalue weighted by Crippen LogP contribution is -2.43. The fraction of sp³-hybridized carbons (Fsp3) is 0.833. The summed E-state index contributed by atoms with van der Waals surface area (Å²) >= 11 is 0. The molecular formula is C12H22N2O4. The molecule has 0 aromatic carbocycles. The van der Waals surface area contributed by atoms with Crippen molar-refractivity contribution in [1.82, 2.24) is 10.6 Å². The Morgan fingerprint density at radius 1 is 1.61 bits per heavy atom. The lowest BCUT2D eigenvalue weighted by atomic mass is 10.0. The third-order valence-electron chi connectivity index (χ3n) is 2.66. The van der Waals surface area contributed by atoms with Crippen LogP contribution in [0.3, 0.4) is 0 Å². The van der Waals surface area contributed by atoms with Crippen molar-refractivity contribution in [2.24, 2.45) is 5.92 Å². The smallest absolute Gasteiger partial charge is 0.407 e. The molecule has 1 rings (SSSR count). The Bertz CT molecular complexity index is 312. The van der Waals surface area contributed by atoms with Gasteiger partial charge in [0.05, 0.1) is 6.61 Å². The number of carbonyl (C=O) groups excluding carboxylic acids is 2. The topological polar surface area (TPSA) is 87.7 Å². The Labute approximate surface area is 107 Å². The van der Waals surface area contributed by atoms with Crippen LogP contribution in [-0.2, 0) is 9.53 Å². The summed E-state index contributed by atoms with van der Waals surface area (Å²) in [4.78, 5) is 22.9. The number of hydrogen-bond acceptors (Lipinski definition) is 4. The highest BCUT2D eigenvalue weighted by Gasteiger charge is 2.29. The quantitative estimate of drug-likeness (QED) is 0.681. The molecule has 0 bridgehead atoms. The van der Waals surface area contributed by atoms with Gasteiger partial charge in [0.1, 0.15) is 6.10 Å². The Morgan fingerprint density at radius 3 is 2.72 bits per heavy atom. The lowest BCUT2D eigenvalue weighted by molar-refractivity contribution is -0.123. The average molecular weight is 258 g/mol. The van der Waals surface area contributed by atoms with Gasteiger partial charge in [-0.15, -0.1) is 0 Å². The predicted octanol–water partition coefficient (Wildman–Crippen LogP) is 0.398. The zero-order valence-electron chi connectivity index (χ0n) is 11.2. The van der Waals surface area contributed by atoms with E-state index >= 15 is 0 Å².